The van der Waals surface area contributed by atoms with Crippen molar-refractivity contribution < 1.29 is 9.21 Å². The second kappa shape index (κ2) is 7.86. The molecule has 0 aliphatic rings. The van der Waals surface area contributed by atoms with Crippen molar-refractivity contribution in [2.75, 3.05) is 0 Å². The summed E-state index contributed by atoms with van der Waals surface area (Å²) in [6, 6.07) is 15.0. The van der Waals surface area contributed by atoms with Gasteiger partial charge in [-0.3, -0.25) is 4.79 Å². The molecule has 1 atom stereocenters. The molecule has 0 bridgehead atoms. The van der Waals surface area contributed by atoms with Crippen molar-refractivity contribution in [3.05, 3.63) is 81.4 Å². The smallest absolute Gasteiger partial charge is 0.164 e. The molecule has 3 aromatic rings. The van der Waals surface area contributed by atoms with Crippen molar-refractivity contribution in [3.63, 3.8) is 0 Å². The molecule has 0 amide bonds. The van der Waals surface area contributed by atoms with Crippen LogP contribution in [0.5, 0.6) is 0 Å². The van der Waals surface area contributed by atoms with E-state index in [2.05, 4.69) is 6.07 Å². The lowest BCUT2D eigenvalue weighted by Crippen LogP contribution is -2.04. The third-order valence-electron chi connectivity index (χ3n) is 3.40. The van der Waals surface area contributed by atoms with E-state index < -0.39 is 0 Å². The monoisotopic (exact) mass is 362 g/mol. The van der Waals surface area contributed by atoms with E-state index in [1.54, 1.807) is 53.6 Å². The first-order chi connectivity index (χ1) is 11.2. The van der Waals surface area contributed by atoms with Crippen molar-refractivity contribution in [2.45, 2.75) is 17.4 Å². The number of benzene rings is 1. The minimum Gasteiger partial charge on any atom is -0.468 e. The Hall–Kier alpha value is -1.49. The summed E-state index contributed by atoms with van der Waals surface area (Å²) in [6.45, 7) is 0. The lowest BCUT2D eigenvalue weighted by Gasteiger charge is -2.14. The molecule has 0 unspecified atom stereocenters. The van der Waals surface area contributed by atoms with Crippen LogP contribution in [-0.4, -0.2) is 5.78 Å². The molecule has 0 N–H and O–H groups in total. The van der Waals surface area contributed by atoms with E-state index in [1.165, 1.54) is 4.88 Å². The summed E-state index contributed by atoms with van der Waals surface area (Å²) < 4.78 is 5.39. The van der Waals surface area contributed by atoms with E-state index in [9.17, 15) is 4.79 Å². The predicted molar refractivity (Wildman–Crippen MR) is 97.5 cm³/mol. The third kappa shape index (κ3) is 4.50. The summed E-state index contributed by atoms with van der Waals surface area (Å²) in [5.74, 6) is 1.81. The van der Waals surface area contributed by atoms with Crippen LogP contribution >= 0.6 is 34.7 Å². The molecule has 0 spiro atoms. The minimum absolute atomic E-state index is 0.128. The quantitative estimate of drug-likeness (QED) is 0.466. The maximum absolute atomic E-state index is 12.5. The van der Waals surface area contributed by atoms with Crippen molar-refractivity contribution in [2.24, 2.45) is 0 Å². The number of thiophene rings is 1. The number of ketones is 1. The lowest BCUT2D eigenvalue weighted by molar-refractivity contribution is 0.0982. The van der Waals surface area contributed by atoms with Crippen LogP contribution in [0.2, 0.25) is 5.02 Å². The molecule has 2 nitrogen and oxygen atoms in total. The largest absolute Gasteiger partial charge is 0.468 e. The van der Waals surface area contributed by atoms with Crippen molar-refractivity contribution in [3.8, 4) is 0 Å². The Morgan fingerprint density at radius 2 is 2.00 bits per heavy atom. The second-order valence-electron chi connectivity index (χ2n) is 5.03. The Bertz CT molecular complexity index is 734. The van der Waals surface area contributed by atoms with Gasteiger partial charge in [0.15, 0.2) is 5.78 Å². The van der Waals surface area contributed by atoms with E-state index in [-0.39, 0.29) is 11.0 Å². The number of rotatable bonds is 7. The number of halogens is 1. The summed E-state index contributed by atoms with van der Waals surface area (Å²) in [7, 11) is 0. The summed E-state index contributed by atoms with van der Waals surface area (Å²) >= 11 is 9.30. The number of carbonyl (C=O) groups is 1. The van der Waals surface area contributed by atoms with E-state index >= 15 is 0 Å². The molecule has 5 heteroatoms. The number of carbonyl (C=O) groups excluding carboxylic acids is 1. The first-order valence-corrected chi connectivity index (χ1v) is 9.49. The van der Waals surface area contributed by atoms with Crippen LogP contribution in [0.15, 0.2) is 64.6 Å². The van der Waals surface area contributed by atoms with Crippen molar-refractivity contribution in [1.29, 1.82) is 0 Å². The van der Waals surface area contributed by atoms with E-state index in [0.717, 1.165) is 11.5 Å². The van der Waals surface area contributed by atoms with Gasteiger partial charge < -0.3 is 4.42 Å². The van der Waals surface area contributed by atoms with Crippen molar-refractivity contribution in [1.82, 2.24) is 0 Å². The first-order valence-electron chi connectivity index (χ1n) is 7.18. The highest BCUT2D eigenvalue weighted by Gasteiger charge is 2.19. The molecule has 2 heterocycles. The van der Waals surface area contributed by atoms with Crippen LogP contribution < -0.4 is 0 Å². The van der Waals surface area contributed by atoms with E-state index in [4.69, 9.17) is 16.0 Å². The van der Waals surface area contributed by atoms with Gasteiger partial charge in [-0.05, 0) is 47.8 Å². The van der Waals surface area contributed by atoms with Crippen LogP contribution in [0.25, 0.3) is 0 Å². The average molecular weight is 363 g/mol. The third-order valence-corrected chi connectivity index (χ3v) is 6.07. The predicted octanol–water partition coefficient (Wildman–Crippen LogP) is 6.24. The van der Waals surface area contributed by atoms with Gasteiger partial charge >= 0.3 is 0 Å². The fraction of sp³-hybridized carbons (Fsp3) is 0.167. The zero-order valence-electron chi connectivity index (χ0n) is 12.3. The Morgan fingerprint density at radius 1 is 1.17 bits per heavy atom. The van der Waals surface area contributed by atoms with Gasteiger partial charge in [0, 0.05) is 27.1 Å². The molecule has 0 aliphatic carbocycles. The van der Waals surface area contributed by atoms with Gasteiger partial charge in [-0.25, -0.2) is 0 Å². The van der Waals surface area contributed by atoms with Crippen LogP contribution in [0.1, 0.15) is 32.7 Å². The highest BCUT2D eigenvalue weighted by Crippen LogP contribution is 2.38. The van der Waals surface area contributed by atoms with Crippen molar-refractivity contribution >= 4 is 40.5 Å². The molecule has 0 aliphatic heterocycles. The average Bonchev–Trinajstić information content (AvgIpc) is 3.25. The topological polar surface area (TPSA) is 30.2 Å². The fourth-order valence-electron chi connectivity index (χ4n) is 2.22. The van der Waals surface area contributed by atoms with Crippen LogP contribution in [0.4, 0.5) is 0 Å². The fourth-order valence-corrected chi connectivity index (χ4v) is 4.46. The maximum atomic E-state index is 12.5. The zero-order chi connectivity index (χ0) is 16.1. The minimum atomic E-state index is 0.128. The highest BCUT2D eigenvalue weighted by molar-refractivity contribution is 7.98. The molecular formula is C18H15ClO2S2. The molecule has 0 radical (unpaired) electrons. The van der Waals surface area contributed by atoms with Gasteiger partial charge in [0.2, 0.25) is 0 Å². The van der Waals surface area contributed by atoms with Crippen LogP contribution in [-0.2, 0) is 5.75 Å². The molecule has 23 heavy (non-hydrogen) atoms. The van der Waals surface area contributed by atoms with E-state index in [1.807, 2.05) is 23.6 Å². The second-order valence-corrected chi connectivity index (χ2v) is 7.64. The number of thioether (sulfide) groups is 1. The number of Topliss-reactive ketones (excluding diaryl/α,β-unsaturated/α-hetero) is 1. The molecular weight excluding hydrogens is 348 g/mol. The van der Waals surface area contributed by atoms with Gasteiger partial charge in [-0.15, -0.1) is 23.1 Å². The Kier molecular flexibility index (Phi) is 5.60. The Balaban J connectivity index is 1.70. The van der Waals surface area contributed by atoms with E-state index in [0.29, 0.717) is 17.0 Å². The molecule has 2 aromatic heterocycles. The molecule has 118 valence electrons. The van der Waals surface area contributed by atoms with Gasteiger partial charge in [0.05, 0.1) is 12.0 Å². The van der Waals surface area contributed by atoms with Gasteiger partial charge in [-0.1, -0.05) is 17.7 Å². The molecule has 1 aromatic carbocycles. The van der Waals surface area contributed by atoms with Gasteiger partial charge in [-0.2, -0.15) is 0 Å². The molecule has 0 saturated carbocycles. The number of hydrogen-bond acceptors (Lipinski definition) is 4. The maximum Gasteiger partial charge on any atom is 0.164 e. The lowest BCUT2D eigenvalue weighted by atomic mass is 10.1. The van der Waals surface area contributed by atoms with Crippen LogP contribution in [0.3, 0.4) is 0 Å². The first kappa shape index (κ1) is 16.4. The zero-order valence-corrected chi connectivity index (χ0v) is 14.7. The standard InChI is InChI=1S/C18H15ClO2S2/c19-14-7-5-13(6-8-14)16(20)11-18(17-4-2-10-22-17)23-12-15-3-1-9-21-15/h1-10,18H,11-12H2/t18-/m1/s1. The van der Waals surface area contributed by atoms with Crippen LogP contribution in [0, 0.1) is 0 Å². The number of furan rings is 1. The van der Waals surface area contributed by atoms with Gasteiger partial charge in [0.1, 0.15) is 5.76 Å². The Labute approximate surface area is 148 Å². The summed E-state index contributed by atoms with van der Waals surface area (Å²) in [5, 5.41) is 2.81. The number of hydrogen-bond donors (Lipinski definition) is 0. The summed E-state index contributed by atoms with van der Waals surface area (Å²) in [6.07, 6.45) is 2.14. The highest BCUT2D eigenvalue weighted by atomic mass is 35.5. The molecule has 0 fully saturated rings. The normalized spacial score (nSPS) is 12.2. The summed E-state index contributed by atoms with van der Waals surface area (Å²) in [4.78, 5) is 13.8. The Morgan fingerprint density at radius 3 is 2.65 bits per heavy atom. The molecule has 0 saturated heterocycles. The SMILES string of the molecule is O=C(C[C@@H](SCc1ccco1)c1cccs1)c1ccc(Cl)cc1. The van der Waals surface area contributed by atoms with Gasteiger partial charge in [0.25, 0.3) is 0 Å². The summed E-state index contributed by atoms with van der Waals surface area (Å²) in [5.41, 5.74) is 0.703. The molecule has 3 rings (SSSR count).